The first-order valence-electron chi connectivity index (χ1n) is 4.92. The standard InChI is InChI=1S/C9H21NOSi/c1-12(2,3)11-9-7-5-4-6-8(9)10/h8-9H,4-7,10H2,1-3H3/t8-,9+/m0/s1. The molecule has 0 bridgehead atoms. The minimum absolute atomic E-state index is 0.297. The fourth-order valence-electron chi connectivity index (χ4n) is 1.73. The van der Waals surface area contributed by atoms with Crippen LogP contribution in [0.3, 0.4) is 0 Å². The molecule has 3 heteroatoms. The lowest BCUT2D eigenvalue weighted by atomic mass is 9.93. The summed E-state index contributed by atoms with van der Waals surface area (Å²) >= 11 is 0. The average molecular weight is 187 g/mol. The van der Waals surface area contributed by atoms with Gasteiger partial charge in [0.05, 0.1) is 6.10 Å². The molecule has 72 valence electrons. The second kappa shape index (κ2) is 3.90. The van der Waals surface area contributed by atoms with Crippen LogP contribution in [-0.2, 0) is 4.43 Å². The maximum Gasteiger partial charge on any atom is 0.184 e. The van der Waals surface area contributed by atoms with Crippen molar-refractivity contribution >= 4 is 8.32 Å². The third-order valence-electron chi connectivity index (χ3n) is 2.26. The highest BCUT2D eigenvalue weighted by molar-refractivity contribution is 6.69. The van der Waals surface area contributed by atoms with Gasteiger partial charge in [-0.15, -0.1) is 0 Å². The Hall–Kier alpha value is 0.137. The second-order valence-corrected chi connectivity index (χ2v) is 9.18. The Kier molecular flexibility index (Phi) is 3.32. The molecule has 0 amide bonds. The van der Waals surface area contributed by atoms with Gasteiger partial charge in [-0.25, -0.2) is 0 Å². The molecule has 12 heavy (non-hydrogen) atoms. The highest BCUT2D eigenvalue weighted by Crippen LogP contribution is 2.22. The van der Waals surface area contributed by atoms with Gasteiger partial charge in [0.15, 0.2) is 8.32 Å². The van der Waals surface area contributed by atoms with Crippen LogP contribution in [0.2, 0.25) is 19.6 Å². The summed E-state index contributed by atoms with van der Waals surface area (Å²) in [5, 5.41) is 0. The van der Waals surface area contributed by atoms with Crippen molar-refractivity contribution in [2.75, 3.05) is 0 Å². The van der Waals surface area contributed by atoms with Gasteiger partial charge in [-0.05, 0) is 32.5 Å². The molecule has 1 aliphatic carbocycles. The van der Waals surface area contributed by atoms with E-state index in [2.05, 4.69) is 19.6 Å². The first-order chi connectivity index (χ1) is 5.49. The van der Waals surface area contributed by atoms with Crippen LogP contribution >= 0.6 is 0 Å². The quantitative estimate of drug-likeness (QED) is 0.672. The first kappa shape index (κ1) is 10.2. The molecule has 1 rings (SSSR count). The zero-order chi connectivity index (χ0) is 9.19. The van der Waals surface area contributed by atoms with E-state index in [0.29, 0.717) is 12.1 Å². The Bertz CT molecular complexity index is 144. The molecule has 0 radical (unpaired) electrons. The summed E-state index contributed by atoms with van der Waals surface area (Å²) in [5.41, 5.74) is 5.98. The van der Waals surface area contributed by atoms with Crippen LogP contribution in [0.1, 0.15) is 25.7 Å². The summed E-state index contributed by atoms with van der Waals surface area (Å²) in [4.78, 5) is 0. The van der Waals surface area contributed by atoms with Crippen molar-refractivity contribution in [2.45, 2.75) is 57.5 Å². The van der Waals surface area contributed by atoms with Crippen LogP contribution in [0.15, 0.2) is 0 Å². The summed E-state index contributed by atoms with van der Waals surface area (Å²) in [5.74, 6) is 0. The molecule has 0 aromatic rings. The van der Waals surface area contributed by atoms with Crippen molar-refractivity contribution in [3.05, 3.63) is 0 Å². The van der Waals surface area contributed by atoms with Crippen LogP contribution in [0.4, 0.5) is 0 Å². The molecule has 1 saturated carbocycles. The molecular formula is C9H21NOSi. The molecule has 1 fully saturated rings. The van der Waals surface area contributed by atoms with Crippen LogP contribution < -0.4 is 5.73 Å². The smallest absolute Gasteiger partial charge is 0.184 e. The Balaban J connectivity index is 2.39. The van der Waals surface area contributed by atoms with E-state index in [-0.39, 0.29) is 0 Å². The topological polar surface area (TPSA) is 35.2 Å². The largest absolute Gasteiger partial charge is 0.413 e. The summed E-state index contributed by atoms with van der Waals surface area (Å²) in [6.45, 7) is 6.69. The fraction of sp³-hybridized carbons (Fsp3) is 1.00. The van der Waals surface area contributed by atoms with E-state index in [1.165, 1.54) is 19.3 Å². The van der Waals surface area contributed by atoms with Crippen molar-refractivity contribution in [3.63, 3.8) is 0 Å². The summed E-state index contributed by atoms with van der Waals surface area (Å²) in [6, 6.07) is 0.297. The van der Waals surface area contributed by atoms with Gasteiger partial charge < -0.3 is 10.2 Å². The highest BCUT2D eigenvalue weighted by Gasteiger charge is 2.27. The van der Waals surface area contributed by atoms with Crippen LogP contribution in [-0.4, -0.2) is 20.5 Å². The van der Waals surface area contributed by atoms with Crippen molar-refractivity contribution < 1.29 is 4.43 Å². The molecule has 2 atom stereocenters. The number of hydrogen-bond acceptors (Lipinski definition) is 2. The van der Waals surface area contributed by atoms with Crippen molar-refractivity contribution in [1.82, 2.24) is 0 Å². The van der Waals surface area contributed by atoms with E-state index < -0.39 is 8.32 Å². The lowest BCUT2D eigenvalue weighted by molar-refractivity contribution is 0.125. The number of nitrogens with two attached hydrogens (primary N) is 1. The van der Waals surface area contributed by atoms with Gasteiger partial charge in [-0.2, -0.15) is 0 Å². The van der Waals surface area contributed by atoms with E-state index in [1.807, 2.05) is 0 Å². The molecule has 0 saturated heterocycles. The molecule has 0 heterocycles. The summed E-state index contributed by atoms with van der Waals surface area (Å²) in [6.07, 6.45) is 5.25. The molecule has 0 aromatic heterocycles. The first-order valence-corrected chi connectivity index (χ1v) is 8.33. The van der Waals surface area contributed by atoms with Gasteiger partial charge in [0.2, 0.25) is 0 Å². The average Bonchev–Trinajstić information content (AvgIpc) is 1.91. The van der Waals surface area contributed by atoms with E-state index in [9.17, 15) is 0 Å². The molecule has 0 spiro atoms. The second-order valence-electron chi connectivity index (χ2n) is 4.72. The number of hydrogen-bond donors (Lipinski definition) is 1. The Morgan fingerprint density at radius 1 is 1.17 bits per heavy atom. The van der Waals surface area contributed by atoms with Gasteiger partial charge in [-0.3, -0.25) is 0 Å². The lowest BCUT2D eigenvalue weighted by Crippen LogP contribution is -2.45. The number of rotatable bonds is 2. The monoisotopic (exact) mass is 187 g/mol. The third kappa shape index (κ3) is 3.25. The minimum Gasteiger partial charge on any atom is -0.413 e. The molecule has 2 N–H and O–H groups in total. The Labute approximate surface area is 76.6 Å². The molecule has 1 aliphatic rings. The van der Waals surface area contributed by atoms with Crippen LogP contribution in [0, 0.1) is 0 Å². The molecular weight excluding hydrogens is 166 g/mol. The molecule has 0 aliphatic heterocycles. The van der Waals surface area contributed by atoms with Gasteiger partial charge in [0.25, 0.3) is 0 Å². The van der Waals surface area contributed by atoms with Gasteiger partial charge in [0, 0.05) is 6.04 Å². The highest BCUT2D eigenvalue weighted by atomic mass is 28.4. The van der Waals surface area contributed by atoms with Crippen LogP contribution in [0.25, 0.3) is 0 Å². The molecule has 2 nitrogen and oxygen atoms in total. The maximum atomic E-state index is 6.00. The molecule has 0 aromatic carbocycles. The fourth-order valence-corrected chi connectivity index (χ4v) is 2.93. The third-order valence-corrected chi connectivity index (χ3v) is 3.27. The van der Waals surface area contributed by atoms with E-state index in [0.717, 1.165) is 6.42 Å². The van der Waals surface area contributed by atoms with Crippen molar-refractivity contribution in [2.24, 2.45) is 5.73 Å². The van der Waals surface area contributed by atoms with Gasteiger partial charge in [-0.1, -0.05) is 12.8 Å². The van der Waals surface area contributed by atoms with E-state index >= 15 is 0 Å². The Morgan fingerprint density at radius 2 is 1.75 bits per heavy atom. The predicted molar refractivity (Wildman–Crippen MR) is 54.7 cm³/mol. The van der Waals surface area contributed by atoms with Crippen LogP contribution in [0.5, 0.6) is 0 Å². The lowest BCUT2D eigenvalue weighted by Gasteiger charge is -2.33. The maximum absolute atomic E-state index is 6.00. The van der Waals surface area contributed by atoms with E-state index in [4.69, 9.17) is 10.2 Å². The van der Waals surface area contributed by atoms with Crippen molar-refractivity contribution in [1.29, 1.82) is 0 Å². The van der Waals surface area contributed by atoms with Gasteiger partial charge >= 0.3 is 0 Å². The molecule has 0 unspecified atom stereocenters. The van der Waals surface area contributed by atoms with E-state index in [1.54, 1.807) is 0 Å². The van der Waals surface area contributed by atoms with Crippen molar-refractivity contribution in [3.8, 4) is 0 Å². The van der Waals surface area contributed by atoms with Gasteiger partial charge in [0.1, 0.15) is 0 Å². The summed E-state index contributed by atoms with van der Waals surface area (Å²) in [7, 11) is -1.37. The minimum atomic E-state index is -1.37. The summed E-state index contributed by atoms with van der Waals surface area (Å²) < 4.78 is 6.00. The SMILES string of the molecule is C[Si](C)(C)O[C@@H]1CCCC[C@@H]1N. The predicted octanol–water partition coefficient (Wildman–Crippen LogP) is 2.11. The normalized spacial score (nSPS) is 32.0. The Morgan fingerprint density at radius 3 is 2.25 bits per heavy atom. The zero-order valence-corrected chi connectivity index (χ0v) is 9.47. The zero-order valence-electron chi connectivity index (χ0n) is 8.47.